The van der Waals surface area contributed by atoms with E-state index in [0.29, 0.717) is 59.6 Å². The average Bonchev–Trinajstić information content (AvgIpc) is 3.28. The van der Waals surface area contributed by atoms with Crippen LogP contribution >= 0.6 is 0 Å². The zero-order chi connectivity index (χ0) is 29.7. The fourth-order valence-corrected chi connectivity index (χ4v) is 4.52. The number of amidine groups is 1. The summed E-state index contributed by atoms with van der Waals surface area (Å²) in [5.41, 5.74) is 8.46. The molecule has 4 N–H and O–H groups in total. The Morgan fingerprint density at radius 1 is 1.17 bits per heavy atom. The van der Waals surface area contributed by atoms with Crippen molar-refractivity contribution in [1.82, 2.24) is 29.8 Å². The Kier molecular flexibility index (Phi) is 9.11. The Morgan fingerprint density at radius 3 is 2.59 bits per heavy atom. The Morgan fingerprint density at radius 2 is 1.90 bits per heavy atom. The predicted molar refractivity (Wildman–Crippen MR) is 160 cm³/mol. The van der Waals surface area contributed by atoms with Gasteiger partial charge in [-0.3, -0.25) is 9.69 Å². The molecule has 3 aromatic rings. The number of fused-ring (bicyclic) bond motifs is 1. The lowest BCUT2D eigenvalue weighted by atomic mass is 10.1. The molecule has 41 heavy (non-hydrogen) atoms. The maximum absolute atomic E-state index is 12.9. The molecule has 0 unspecified atom stereocenters. The number of hydrazone groups is 1. The Bertz CT molecular complexity index is 1400. The van der Waals surface area contributed by atoms with Gasteiger partial charge in [0.05, 0.1) is 11.0 Å². The molecule has 1 aliphatic heterocycles. The van der Waals surface area contributed by atoms with E-state index in [4.69, 9.17) is 10.5 Å². The molecule has 0 bridgehead atoms. The molecule has 1 saturated heterocycles. The number of piperazine rings is 1. The fraction of sp³-hybridized carbons (Fsp3) is 0.483. The maximum atomic E-state index is 12.9. The van der Waals surface area contributed by atoms with Gasteiger partial charge >= 0.3 is 6.09 Å². The largest absolute Gasteiger partial charge is 0.444 e. The summed E-state index contributed by atoms with van der Waals surface area (Å²) in [5, 5.41) is 8.71. The van der Waals surface area contributed by atoms with Gasteiger partial charge in [0.25, 0.3) is 5.91 Å². The summed E-state index contributed by atoms with van der Waals surface area (Å²) in [6.45, 7) is 13.2. The third-order valence-electron chi connectivity index (χ3n) is 6.42. The molecule has 0 atom stereocenters. The van der Waals surface area contributed by atoms with Crippen molar-refractivity contribution in [3.8, 4) is 0 Å². The molecule has 0 saturated carbocycles. The number of nitrogens with two attached hydrogens (primary N) is 1. The van der Waals surface area contributed by atoms with Crippen LogP contribution in [0.5, 0.6) is 0 Å². The van der Waals surface area contributed by atoms with Gasteiger partial charge in [-0.1, -0.05) is 13.8 Å². The van der Waals surface area contributed by atoms with Gasteiger partial charge in [-0.05, 0) is 62.6 Å². The lowest BCUT2D eigenvalue weighted by Crippen LogP contribution is -2.49. The third-order valence-corrected chi connectivity index (χ3v) is 6.42. The summed E-state index contributed by atoms with van der Waals surface area (Å²) in [6, 6.07) is 9.23. The van der Waals surface area contributed by atoms with E-state index < -0.39 is 5.60 Å². The topological polar surface area (TPSA) is 145 Å². The molecule has 0 spiro atoms. The minimum Gasteiger partial charge on any atom is -0.444 e. The maximum Gasteiger partial charge on any atom is 0.410 e. The van der Waals surface area contributed by atoms with Crippen LogP contribution in [-0.4, -0.2) is 86.4 Å². The summed E-state index contributed by atoms with van der Waals surface area (Å²) in [4.78, 5) is 41.5. The van der Waals surface area contributed by atoms with Gasteiger partial charge in [0, 0.05) is 58.0 Å². The zero-order valence-electron chi connectivity index (χ0n) is 24.8. The number of aromatic nitrogens is 3. The molecule has 1 fully saturated rings. The van der Waals surface area contributed by atoms with E-state index >= 15 is 0 Å². The molecule has 3 heterocycles. The third kappa shape index (κ3) is 8.40. The molecule has 0 radical (unpaired) electrons. The first-order chi connectivity index (χ1) is 19.4. The van der Waals surface area contributed by atoms with Crippen LogP contribution in [0.1, 0.15) is 57.0 Å². The van der Waals surface area contributed by atoms with Gasteiger partial charge in [0.2, 0.25) is 5.95 Å². The summed E-state index contributed by atoms with van der Waals surface area (Å²) in [6.07, 6.45) is 2.11. The number of benzene rings is 1. The molecule has 12 nitrogen and oxygen atoms in total. The van der Waals surface area contributed by atoms with Gasteiger partial charge in [-0.25, -0.2) is 19.8 Å². The number of anilines is 2. The lowest BCUT2D eigenvalue weighted by Gasteiger charge is -2.35. The molecule has 220 valence electrons. The van der Waals surface area contributed by atoms with E-state index in [-0.39, 0.29) is 12.0 Å². The minimum atomic E-state index is -0.498. The smallest absolute Gasteiger partial charge is 0.410 e. The Hall–Kier alpha value is -4.19. The number of carbonyl (C=O) groups is 2. The molecule has 1 aliphatic rings. The zero-order valence-corrected chi connectivity index (χ0v) is 24.8. The van der Waals surface area contributed by atoms with Crippen molar-refractivity contribution in [3.05, 3.63) is 47.7 Å². The molecule has 1 aromatic carbocycles. The molecule has 4 rings (SSSR count). The van der Waals surface area contributed by atoms with E-state index in [1.165, 1.54) is 5.01 Å². The van der Waals surface area contributed by atoms with Gasteiger partial charge in [0.15, 0.2) is 0 Å². The van der Waals surface area contributed by atoms with Crippen LogP contribution in [0.3, 0.4) is 0 Å². The van der Waals surface area contributed by atoms with Crippen molar-refractivity contribution in [2.24, 2.45) is 16.8 Å². The number of hydrogen-bond donors (Lipinski definition) is 3. The van der Waals surface area contributed by atoms with E-state index in [1.54, 1.807) is 36.3 Å². The number of rotatable bonds is 8. The second-order valence-electron chi connectivity index (χ2n) is 11.8. The second-order valence-corrected chi connectivity index (χ2v) is 11.8. The van der Waals surface area contributed by atoms with Crippen molar-refractivity contribution in [2.45, 2.75) is 53.2 Å². The summed E-state index contributed by atoms with van der Waals surface area (Å²) in [7, 11) is 1.60. The fourth-order valence-electron chi connectivity index (χ4n) is 4.52. The van der Waals surface area contributed by atoms with Gasteiger partial charge in [-0.2, -0.15) is 5.10 Å². The summed E-state index contributed by atoms with van der Waals surface area (Å²) >= 11 is 0. The number of imidazole rings is 1. The van der Waals surface area contributed by atoms with Crippen LogP contribution in [0.2, 0.25) is 0 Å². The van der Waals surface area contributed by atoms with Crippen LogP contribution in [0.25, 0.3) is 11.0 Å². The summed E-state index contributed by atoms with van der Waals surface area (Å²) < 4.78 is 5.49. The number of amides is 2. The molecule has 12 heteroatoms. The molecule has 0 aliphatic carbocycles. The number of pyridine rings is 1. The number of carbonyl (C=O) groups excluding carboxylic acids is 2. The van der Waals surface area contributed by atoms with Crippen LogP contribution in [0.4, 0.5) is 16.6 Å². The predicted octanol–water partition coefficient (Wildman–Crippen LogP) is 4.14. The number of H-pyrrole nitrogens is 1. The van der Waals surface area contributed by atoms with Crippen molar-refractivity contribution in [2.75, 3.05) is 38.5 Å². The highest BCUT2D eigenvalue weighted by Gasteiger charge is 2.26. The molecular weight excluding hydrogens is 522 g/mol. The molecule has 2 amide bonds. The standard InChI is InChI=1S/C29H41N9O3/c1-19(2)15-24(30)35-36(6)26(39)21-7-8-22-23(17-21)33-27(32-22)34-25-16-20(9-10-31-25)18-37-11-13-38(14-12-37)28(40)41-29(3,4)5/h7-10,16-17,19H,11-15,18H2,1-6H3,(H2,30,35)(H2,31,32,33,34). The highest BCUT2D eigenvalue weighted by Crippen LogP contribution is 2.21. The quantitative estimate of drug-likeness (QED) is 0.211. The van der Waals surface area contributed by atoms with Crippen molar-refractivity contribution >= 4 is 40.6 Å². The first-order valence-corrected chi connectivity index (χ1v) is 13.9. The SMILES string of the molecule is CC(C)C/C(N)=N/N(C)C(=O)c1ccc2nc(Nc3cc(CN4CCN(C(=O)OC(C)(C)C)CC4)ccn3)[nH]c2c1. The van der Waals surface area contributed by atoms with Crippen LogP contribution in [0.15, 0.2) is 41.6 Å². The minimum absolute atomic E-state index is 0.260. The number of hydrogen-bond acceptors (Lipinski definition) is 8. The van der Waals surface area contributed by atoms with Gasteiger partial charge in [0.1, 0.15) is 17.3 Å². The number of ether oxygens (including phenoxy) is 1. The van der Waals surface area contributed by atoms with E-state index in [2.05, 4.69) is 30.3 Å². The lowest BCUT2D eigenvalue weighted by molar-refractivity contribution is 0.0139. The number of nitrogens with zero attached hydrogens (tertiary/aromatic N) is 6. The molecular formula is C29H41N9O3. The second kappa shape index (κ2) is 12.5. The Balaban J connectivity index is 1.36. The number of aromatic amines is 1. The van der Waals surface area contributed by atoms with Crippen LogP contribution < -0.4 is 11.1 Å². The van der Waals surface area contributed by atoms with Crippen molar-refractivity contribution in [1.29, 1.82) is 0 Å². The highest BCUT2D eigenvalue weighted by atomic mass is 16.6. The van der Waals surface area contributed by atoms with E-state index in [0.717, 1.165) is 25.2 Å². The normalized spacial score (nSPS) is 14.9. The van der Waals surface area contributed by atoms with E-state index in [9.17, 15) is 9.59 Å². The van der Waals surface area contributed by atoms with Crippen molar-refractivity contribution < 1.29 is 14.3 Å². The first-order valence-electron chi connectivity index (χ1n) is 13.9. The number of nitrogens with one attached hydrogen (secondary N) is 2. The monoisotopic (exact) mass is 563 g/mol. The first kappa shape index (κ1) is 29.8. The van der Waals surface area contributed by atoms with Gasteiger partial charge < -0.3 is 25.7 Å². The van der Waals surface area contributed by atoms with Crippen molar-refractivity contribution in [3.63, 3.8) is 0 Å². The van der Waals surface area contributed by atoms with Gasteiger partial charge in [-0.15, -0.1) is 0 Å². The van der Waals surface area contributed by atoms with Crippen LogP contribution in [-0.2, 0) is 11.3 Å². The summed E-state index contributed by atoms with van der Waals surface area (Å²) in [5.74, 6) is 1.69. The van der Waals surface area contributed by atoms with E-state index in [1.807, 2.05) is 46.8 Å². The van der Waals surface area contributed by atoms with Crippen LogP contribution in [0, 0.1) is 5.92 Å². The highest BCUT2D eigenvalue weighted by molar-refractivity contribution is 5.98. The Labute approximate surface area is 240 Å². The average molecular weight is 564 g/mol. The molecule has 2 aromatic heterocycles.